The minimum Gasteiger partial charge on any atom is -0.542 e. The maximum absolute atomic E-state index is 12.2. The highest BCUT2D eigenvalue weighted by molar-refractivity contribution is 7.89. The van der Waals surface area contributed by atoms with E-state index >= 15 is 0 Å². The smallest absolute Gasteiger partial charge is 0.430 e. The van der Waals surface area contributed by atoms with Gasteiger partial charge in [-0.25, -0.2) is 13.1 Å². The fourth-order valence-corrected chi connectivity index (χ4v) is 3.54. The molecule has 0 heterocycles. The summed E-state index contributed by atoms with van der Waals surface area (Å²) in [4.78, 5) is 29.6. The quantitative estimate of drug-likeness (QED) is 0.0630. The summed E-state index contributed by atoms with van der Waals surface area (Å²) >= 11 is 0. The van der Waals surface area contributed by atoms with Crippen molar-refractivity contribution < 1.29 is 70.2 Å². The van der Waals surface area contributed by atoms with E-state index in [9.17, 15) is 39.6 Å². The highest BCUT2D eigenvalue weighted by Gasteiger charge is 2.29. The summed E-state index contributed by atoms with van der Waals surface area (Å²) in [5.41, 5.74) is 13.2. The SMILES string of the molecule is NC(=[NH2+])c1ccc(CNC(=O)CCCNS(=O)(=O)c2ccc(C(N)=[NH2+])cc2)cc1.O=C([O-])C(F)(F)F.O=C([O-])C(F)(F)F. The number of benzene rings is 2. The molecule has 20 heteroatoms. The van der Waals surface area contributed by atoms with E-state index in [0.29, 0.717) is 18.5 Å². The average molecular weight is 645 g/mol. The first-order valence-electron chi connectivity index (χ1n) is 11.4. The Morgan fingerprint density at radius 3 is 1.49 bits per heavy atom. The van der Waals surface area contributed by atoms with Gasteiger partial charge in [-0.1, -0.05) is 12.1 Å². The summed E-state index contributed by atoms with van der Waals surface area (Å²) < 4.78 is 90.1. The summed E-state index contributed by atoms with van der Waals surface area (Å²) in [5.74, 6) is -5.83. The number of alkyl halides is 6. The number of carbonyl (C=O) groups excluding carboxylic acids is 3. The number of nitrogens with one attached hydrogen (secondary N) is 2. The van der Waals surface area contributed by atoms with Gasteiger partial charge in [0, 0.05) is 19.5 Å². The van der Waals surface area contributed by atoms with Crippen molar-refractivity contribution in [3.05, 3.63) is 65.2 Å². The van der Waals surface area contributed by atoms with Crippen LogP contribution in [0.25, 0.3) is 0 Å². The number of sulfonamides is 1. The van der Waals surface area contributed by atoms with Gasteiger partial charge < -0.3 is 25.1 Å². The maximum Gasteiger partial charge on any atom is 0.430 e. The number of aliphatic carboxylic acids is 2. The van der Waals surface area contributed by atoms with Crippen LogP contribution in [0.2, 0.25) is 0 Å². The van der Waals surface area contributed by atoms with Crippen LogP contribution < -0.4 is 42.5 Å². The lowest BCUT2D eigenvalue weighted by molar-refractivity contribution is -0.344. The number of amides is 1. The summed E-state index contributed by atoms with van der Waals surface area (Å²) in [6.45, 7) is 0.506. The minimum atomic E-state index is -5.19. The van der Waals surface area contributed by atoms with Crippen molar-refractivity contribution in [1.29, 1.82) is 0 Å². The number of nitrogens with two attached hydrogens (primary N) is 4. The number of amidine groups is 2. The lowest BCUT2D eigenvalue weighted by Crippen LogP contribution is -2.46. The topological polar surface area (TPSA) is 259 Å². The molecule has 0 saturated carbocycles. The molecule has 0 aromatic heterocycles. The van der Waals surface area contributed by atoms with Crippen LogP contribution in [-0.2, 0) is 31.0 Å². The monoisotopic (exact) mass is 644 g/mol. The van der Waals surface area contributed by atoms with Crippen LogP contribution in [0.4, 0.5) is 26.3 Å². The average Bonchev–Trinajstić information content (AvgIpc) is 2.90. The molecule has 0 aliphatic heterocycles. The molecule has 0 fully saturated rings. The molecule has 238 valence electrons. The number of hydrogen-bond acceptors (Lipinski definition) is 7. The van der Waals surface area contributed by atoms with Crippen LogP contribution >= 0.6 is 0 Å². The van der Waals surface area contributed by atoms with Gasteiger partial charge in [0.05, 0.1) is 16.0 Å². The molecule has 0 aliphatic rings. The molecule has 10 N–H and O–H groups in total. The Morgan fingerprint density at radius 2 is 1.14 bits per heavy atom. The molecular formula is C23H26F6N6O7S. The van der Waals surface area contributed by atoms with E-state index in [1.165, 1.54) is 24.3 Å². The number of carboxylic acid groups (broad SMARTS) is 2. The molecule has 2 aromatic rings. The zero-order chi connectivity index (χ0) is 33.6. The Morgan fingerprint density at radius 1 is 0.767 bits per heavy atom. The van der Waals surface area contributed by atoms with Crippen molar-refractivity contribution in [2.75, 3.05) is 6.54 Å². The number of carboxylic acids is 2. The first-order valence-corrected chi connectivity index (χ1v) is 12.8. The second kappa shape index (κ2) is 16.7. The van der Waals surface area contributed by atoms with Gasteiger partial charge in [-0.05, 0) is 48.4 Å². The second-order valence-electron chi connectivity index (χ2n) is 7.98. The molecule has 0 unspecified atom stereocenters. The fraction of sp³-hybridized carbons (Fsp3) is 0.261. The van der Waals surface area contributed by atoms with E-state index < -0.39 is 34.3 Å². The molecule has 0 aliphatic carbocycles. The standard InChI is InChI=1S/C19H24N6O3S.2C2HF3O2/c20-18(21)14-5-3-13(4-6-14)12-24-17(26)2-1-11-25-29(27,28)16-9-7-15(8-10-16)19(22)23;2*3-2(4,5)1(6)7/h3-10,25H,1-2,11-12H2,(H3,20,21)(H3,22,23)(H,24,26);2*(H,6,7). The Bertz CT molecular complexity index is 1360. The van der Waals surface area contributed by atoms with E-state index in [-0.39, 0.29) is 35.4 Å². The van der Waals surface area contributed by atoms with Gasteiger partial charge in [-0.2, -0.15) is 26.3 Å². The molecule has 0 bridgehead atoms. The van der Waals surface area contributed by atoms with E-state index in [0.717, 1.165) is 11.1 Å². The van der Waals surface area contributed by atoms with Crippen LogP contribution in [0.15, 0.2) is 53.4 Å². The lowest BCUT2D eigenvalue weighted by atomic mass is 10.1. The maximum atomic E-state index is 12.2. The molecule has 13 nitrogen and oxygen atoms in total. The number of hydrogen-bond donors (Lipinski definition) is 6. The molecule has 1 amide bonds. The van der Waals surface area contributed by atoms with E-state index in [4.69, 9.17) is 42.1 Å². The summed E-state index contributed by atoms with van der Waals surface area (Å²) in [6.07, 6.45) is -9.83. The fourth-order valence-electron chi connectivity index (χ4n) is 2.47. The van der Waals surface area contributed by atoms with Gasteiger partial charge >= 0.3 is 12.4 Å². The Kier molecular flexibility index (Phi) is 14.8. The van der Waals surface area contributed by atoms with Gasteiger partial charge in [-0.15, -0.1) is 0 Å². The largest absolute Gasteiger partial charge is 0.542 e. The van der Waals surface area contributed by atoms with Gasteiger partial charge in [0.25, 0.3) is 11.7 Å². The van der Waals surface area contributed by atoms with Gasteiger partial charge in [0.1, 0.15) is 11.9 Å². The molecule has 0 spiro atoms. The van der Waals surface area contributed by atoms with Crippen LogP contribution in [0.1, 0.15) is 29.5 Å². The van der Waals surface area contributed by atoms with Gasteiger partial charge in [-0.3, -0.25) is 27.1 Å². The summed E-state index contributed by atoms with van der Waals surface area (Å²) in [7, 11) is -3.66. The molecule has 43 heavy (non-hydrogen) atoms. The predicted octanol–water partition coefficient (Wildman–Crippen LogP) is -4.41. The minimum absolute atomic E-state index is 0.103. The molecule has 2 rings (SSSR count). The highest BCUT2D eigenvalue weighted by atomic mass is 32.2. The first-order chi connectivity index (χ1) is 19.6. The number of halogens is 6. The normalized spacial score (nSPS) is 11.1. The van der Waals surface area contributed by atoms with Crippen molar-refractivity contribution in [1.82, 2.24) is 10.0 Å². The van der Waals surface area contributed by atoms with E-state index in [1.807, 2.05) is 12.1 Å². The molecule has 2 aromatic carbocycles. The molecule has 0 radical (unpaired) electrons. The molecule has 0 atom stereocenters. The first kappa shape index (κ1) is 38.3. The van der Waals surface area contributed by atoms with E-state index in [1.54, 1.807) is 12.1 Å². The number of rotatable bonds is 10. The van der Waals surface area contributed by atoms with Crippen molar-refractivity contribution in [3.8, 4) is 0 Å². The van der Waals surface area contributed by atoms with Crippen LogP contribution in [0, 0.1) is 0 Å². The lowest BCUT2D eigenvalue weighted by Gasteiger charge is -2.08. The van der Waals surface area contributed by atoms with Gasteiger partial charge in [0.15, 0.2) is 0 Å². The number of carbonyl (C=O) groups is 3. The molecular weight excluding hydrogens is 618 g/mol. The van der Waals surface area contributed by atoms with Crippen molar-refractivity contribution in [2.45, 2.75) is 36.6 Å². The second-order valence-corrected chi connectivity index (χ2v) is 9.75. The Labute approximate surface area is 239 Å². The van der Waals surface area contributed by atoms with Crippen molar-refractivity contribution >= 4 is 39.5 Å². The zero-order valence-corrected chi connectivity index (χ0v) is 22.6. The Balaban J connectivity index is 0.00000104. The third-order valence-electron chi connectivity index (χ3n) is 4.61. The van der Waals surface area contributed by atoms with E-state index in [2.05, 4.69) is 10.0 Å². The van der Waals surface area contributed by atoms with Crippen LogP contribution in [-0.4, -0.2) is 56.8 Å². The molecule has 0 saturated heterocycles. The van der Waals surface area contributed by atoms with Gasteiger partial charge in [0.2, 0.25) is 15.9 Å². The van der Waals surface area contributed by atoms with Crippen molar-refractivity contribution in [3.63, 3.8) is 0 Å². The third kappa shape index (κ3) is 15.7. The van der Waals surface area contributed by atoms with Crippen LogP contribution in [0.3, 0.4) is 0 Å². The Hall–Kier alpha value is -4.72. The zero-order valence-electron chi connectivity index (χ0n) is 21.8. The summed E-state index contributed by atoms with van der Waals surface area (Å²) in [6, 6.07) is 13.1. The third-order valence-corrected chi connectivity index (χ3v) is 6.09. The summed E-state index contributed by atoms with van der Waals surface area (Å²) in [5, 5.41) is 31.3. The predicted molar refractivity (Wildman–Crippen MR) is 132 cm³/mol. The van der Waals surface area contributed by atoms with Crippen molar-refractivity contribution in [2.24, 2.45) is 11.5 Å². The highest BCUT2D eigenvalue weighted by Crippen LogP contribution is 2.12. The van der Waals surface area contributed by atoms with Crippen LogP contribution in [0.5, 0.6) is 0 Å².